The number of benzene rings is 1. The molecule has 1 aromatic carbocycles. The van der Waals surface area contributed by atoms with Gasteiger partial charge in [-0.1, -0.05) is 12.1 Å². The van der Waals surface area contributed by atoms with Gasteiger partial charge in [-0.05, 0) is 22.0 Å². The summed E-state index contributed by atoms with van der Waals surface area (Å²) in [6.45, 7) is 1.45. The number of halogens is 2. The first-order chi connectivity index (χ1) is 7.31. The highest BCUT2D eigenvalue weighted by Gasteiger charge is 2.19. The molecule has 0 aromatic heterocycles. The number of ether oxygens (including phenoxy) is 2. The summed E-state index contributed by atoms with van der Waals surface area (Å²) in [5.74, 6) is 1.31. The van der Waals surface area contributed by atoms with Crippen molar-refractivity contribution in [2.24, 2.45) is 0 Å². The number of hydrogen-bond acceptors (Lipinski definition) is 2. The maximum Gasteiger partial charge on any atom is 0.138 e. The standard InChI is InChI=1S/C11H12BrClO2/c12-10-3-1-2-8(6-13)11(10)15-9-4-5-14-7-9/h1-3,9H,4-7H2. The van der Waals surface area contributed by atoms with E-state index in [4.69, 9.17) is 21.1 Å². The molecule has 0 bridgehead atoms. The van der Waals surface area contributed by atoms with Crippen LogP contribution in [0.5, 0.6) is 5.75 Å². The summed E-state index contributed by atoms with van der Waals surface area (Å²) in [5, 5.41) is 0. The molecule has 0 amide bonds. The monoisotopic (exact) mass is 290 g/mol. The van der Waals surface area contributed by atoms with Crippen molar-refractivity contribution >= 4 is 27.5 Å². The maximum absolute atomic E-state index is 5.87. The van der Waals surface area contributed by atoms with E-state index in [9.17, 15) is 0 Å². The van der Waals surface area contributed by atoms with Gasteiger partial charge in [-0.2, -0.15) is 0 Å². The van der Waals surface area contributed by atoms with Crippen LogP contribution in [0.3, 0.4) is 0 Å². The lowest BCUT2D eigenvalue weighted by Crippen LogP contribution is -2.16. The Bertz CT molecular complexity index is 337. The molecule has 1 fully saturated rings. The van der Waals surface area contributed by atoms with E-state index in [0.29, 0.717) is 12.5 Å². The van der Waals surface area contributed by atoms with Gasteiger partial charge in [0.25, 0.3) is 0 Å². The van der Waals surface area contributed by atoms with E-state index >= 15 is 0 Å². The minimum absolute atomic E-state index is 0.158. The van der Waals surface area contributed by atoms with Gasteiger partial charge in [-0.25, -0.2) is 0 Å². The normalized spacial score (nSPS) is 20.5. The van der Waals surface area contributed by atoms with E-state index in [2.05, 4.69) is 15.9 Å². The third-order valence-electron chi connectivity index (χ3n) is 2.36. The quantitative estimate of drug-likeness (QED) is 0.795. The third-order valence-corrected chi connectivity index (χ3v) is 3.28. The molecular formula is C11H12BrClO2. The number of rotatable bonds is 3. The van der Waals surface area contributed by atoms with Gasteiger partial charge < -0.3 is 9.47 Å². The van der Waals surface area contributed by atoms with Gasteiger partial charge in [-0.3, -0.25) is 0 Å². The van der Waals surface area contributed by atoms with Crippen molar-refractivity contribution in [2.45, 2.75) is 18.4 Å². The van der Waals surface area contributed by atoms with Crippen LogP contribution in [0.4, 0.5) is 0 Å². The molecule has 0 N–H and O–H groups in total. The van der Waals surface area contributed by atoms with Crippen LogP contribution >= 0.6 is 27.5 Å². The van der Waals surface area contributed by atoms with Crippen molar-refractivity contribution in [2.75, 3.05) is 13.2 Å². The number of alkyl halides is 1. The Hall–Kier alpha value is -0.250. The summed E-state index contributed by atoms with van der Waals surface area (Å²) < 4.78 is 12.1. The van der Waals surface area contributed by atoms with Crippen molar-refractivity contribution in [1.29, 1.82) is 0 Å². The molecule has 1 unspecified atom stereocenters. The first kappa shape index (κ1) is 11.2. The molecule has 2 rings (SSSR count). The van der Waals surface area contributed by atoms with Crippen molar-refractivity contribution in [3.8, 4) is 5.75 Å². The smallest absolute Gasteiger partial charge is 0.138 e. The number of hydrogen-bond donors (Lipinski definition) is 0. The van der Waals surface area contributed by atoms with E-state index in [1.807, 2.05) is 18.2 Å². The van der Waals surface area contributed by atoms with Gasteiger partial charge in [0.15, 0.2) is 0 Å². The highest BCUT2D eigenvalue weighted by atomic mass is 79.9. The Morgan fingerprint density at radius 3 is 3.07 bits per heavy atom. The van der Waals surface area contributed by atoms with Crippen molar-refractivity contribution in [1.82, 2.24) is 0 Å². The molecule has 0 saturated carbocycles. The Kier molecular flexibility index (Phi) is 3.89. The average molecular weight is 292 g/mol. The summed E-state index contributed by atoms with van der Waals surface area (Å²) in [6, 6.07) is 5.89. The summed E-state index contributed by atoms with van der Waals surface area (Å²) in [6.07, 6.45) is 1.11. The number of para-hydroxylation sites is 1. The lowest BCUT2D eigenvalue weighted by Gasteiger charge is -2.16. The minimum atomic E-state index is 0.158. The minimum Gasteiger partial charge on any atom is -0.486 e. The zero-order chi connectivity index (χ0) is 10.7. The fourth-order valence-electron chi connectivity index (χ4n) is 1.56. The molecule has 0 spiro atoms. The highest BCUT2D eigenvalue weighted by molar-refractivity contribution is 9.10. The first-order valence-corrected chi connectivity index (χ1v) is 6.22. The lowest BCUT2D eigenvalue weighted by molar-refractivity contribution is 0.140. The van der Waals surface area contributed by atoms with Gasteiger partial charge in [-0.15, -0.1) is 11.6 Å². The van der Waals surface area contributed by atoms with Crippen LogP contribution in [0.2, 0.25) is 0 Å². The second kappa shape index (κ2) is 5.19. The molecule has 0 radical (unpaired) electrons. The van der Waals surface area contributed by atoms with Gasteiger partial charge in [0.05, 0.1) is 23.6 Å². The molecule has 82 valence electrons. The first-order valence-electron chi connectivity index (χ1n) is 4.89. The van der Waals surface area contributed by atoms with Crippen LogP contribution in [0.15, 0.2) is 22.7 Å². The van der Waals surface area contributed by atoms with E-state index in [0.717, 1.165) is 28.8 Å². The van der Waals surface area contributed by atoms with Crippen LogP contribution < -0.4 is 4.74 Å². The van der Waals surface area contributed by atoms with E-state index in [1.54, 1.807) is 0 Å². The summed E-state index contributed by atoms with van der Waals surface area (Å²) in [4.78, 5) is 0. The second-order valence-electron chi connectivity index (χ2n) is 3.47. The topological polar surface area (TPSA) is 18.5 Å². The maximum atomic E-state index is 5.87. The van der Waals surface area contributed by atoms with Crippen molar-refractivity contribution in [3.63, 3.8) is 0 Å². The van der Waals surface area contributed by atoms with Gasteiger partial charge in [0, 0.05) is 12.0 Å². The Morgan fingerprint density at radius 2 is 2.40 bits per heavy atom. The van der Waals surface area contributed by atoms with Crippen molar-refractivity contribution in [3.05, 3.63) is 28.2 Å². The largest absolute Gasteiger partial charge is 0.486 e. The van der Waals surface area contributed by atoms with Crippen LogP contribution in [0.25, 0.3) is 0 Å². The lowest BCUT2D eigenvalue weighted by atomic mass is 10.2. The second-order valence-corrected chi connectivity index (χ2v) is 4.59. The third kappa shape index (κ3) is 2.65. The zero-order valence-corrected chi connectivity index (χ0v) is 10.6. The van der Waals surface area contributed by atoms with Crippen molar-refractivity contribution < 1.29 is 9.47 Å². The molecule has 4 heteroatoms. The molecule has 1 aromatic rings. The predicted octanol–water partition coefficient (Wildman–Crippen LogP) is 3.36. The van der Waals surface area contributed by atoms with Crippen LogP contribution in [0.1, 0.15) is 12.0 Å². The van der Waals surface area contributed by atoms with Gasteiger partial charge in [0.2, 0.25) is 0 Å². The van der Waals surface area contributed by atoms with Crippen LogP contribution in [0, 0.1) is 0 Å². The molecule has 15 heavy (non-hydrogen) atoms. The molecular weight excluding hydrogens is 279 g/mol. The van der Waals surface area contributed by atoms with E-state index < -0.39 is 0 Å². The molecule has 0 aliphatic carbocycles. The Balaban J connectivity index is 2.17. The van der Waals surface area contributed by atoms with E-state index in [1.165, 1.54) is 0 Å². The summed E-state index contributed by atoms with van der Waals surface area (Å²) >= 11 is 9.33. The van der Waals surface area contributed by atoms with Gasteiger partial charge >= 0.3 is 0 Å². The molecule has 2 nitrogen and oxygen atoms in total. The summed E-state index contributed by atoms with van der Waals surface area (Å²) in [7, 11) is 0. The molecule has 1 atom stereocenters. The molecule has 1 saturated heterocycles. The summed E-state index contributed by atoms with van der Waals surface area (Å²) in [5.41, 5.74) is 1.01. The van der Waals surface area contributed by atoms with Gasteiger partial charge in [0.1, 0.15) is 11.9 Å². The highest BCUT2D eigenvalue weighted by Crippen LogP contribution is 2.31. The predicted molar refractivity (Wildman–Crippen MR) is 63.6 cm³/mol. The van der Waals surface area contributed by atoms with Crippen LogP contribution in [-0.2, 0) is 10.6 Å². The fourth-order valence-corrected chi connectivity index (χ4v) is 2.27. The zero-order valence-electron chi connectivity index (χ0n) is 8.21. The average Bonchev–Trinajstić information content (AvgIpc) is 2.74. The van der Waals surface area contributed by atoms with E-state index in [-0.39, 0.29) is 6.10 Å². The fraction of sp³-hybridized carbons (Fsp3) is 0.455. The molecule has 1 aliphatic heterocycles. The SMILES string of the molecule is ClCc1cccc(Br)c1OC1CCOC1. The molecule has 1 heterocycles. The Labute approximate surface area is 103 Å². The van der Waals surface area contributed by atoms with Crippen LogP contribution in [-0.4, -0.2) is 19.3 Å². The Morgan fingerprint density at radius 1 is 1.53 bits per heavy atom. The molecule has 1 aliphatic rings.